The van der Waals surface area contributed by atoms with Gasteiger partial charge in [-0.3, -0.25) is 9.69 Å². The first kappa shape index (κ1) is 19.2. The predicted octanol–water partition coefficient (Wildman–Crippen LogP) is 3.38. The minimum absolute atomic E-state index is 0.149. The fourth-order valence-electron chi connectivity index (χ4n) is 4.50. The van der Waals surface area contributed by atoms with Gasteiger partial charge >= 0.3 is 0 Å². The van der Waals surface area contributed by atoms with E-state index in [-0.39, 0.29) is 12.0 Å². The van der Waals surface area contributed by atoms with Crippen LogP contribution < -0.4 is 4.90 Å². The van der Waals surface area contributed by atoms with E-state index in [0.717, 1.165) is 69.0 Å². The summed E-state index contributed by atoms with van der Waals surface area (Å²) in [5.41, 5.74) is 1.78. The van der Waals surface area contributed by atoms with E-state index >= 15 is 0 Å². The van der Waals surface area contributed by atoms with E-state index in [2.05, 4.69) is 28.6 Å². The minimum atomic E-state index is 0.149. The van der Waals surface area contributed by atoms with E-state index in [1.165, 1.54) is 0 Å². The predicted molar refractivity (Wildman–Crippen MR) is 111 cm³/mol. The van der Waals surface area contributed by atoms with E-state index in [4.69, 9.17) is 4.42 Å². The molecule has 2 aromatic rings. The molecule has 6 heteroatoms. The number of aromatic nitrogens is 1. The average Bonchev–Trinajstić information content (AvgIpc) is 3.17. The van der Waals surface area contributed by atoms with Gasteiger partial charge in [-0.05, 0) is 58.2 Å². The van der Waals surface area contributed by atoms with Crippen molar-refractivity contribution in [1.29, 1.82) is 0 Å². The van der Waals surface area contributed by atoms with Gasteiger partial charge in [-0.15, -0.1) is 0 Å². The van der Waals surface area contributed by atoms with Crippen molar-refractivity contribution in [2.24, 2.45) is 5.92 Å². The molecule has 2 aliphatic rings. The van der Waals surface area contributed by atoms with Gasteiger partial charge in [0.15, 0.2) is 5.58 Å². The largest absolute Gasteiger partial charge is 0.423 e. The van der Waals surface area contributed by atoms with E-state index in [1.807, 2.05) is 36.2 Å². The number of anilines is 1. The van der Waals surface area contributed by atoms with Crippen LogP contribution in [0.25, 0.3) is 11.1 Å². The molecule has 4 rings (SSSR count). The normalized spacial score (nSPS) is 22.1. The van der Waals surface area contributed by atoms with Crippen LogP contribution in [-0.2, 0) is 4.79 Å². The minimum Gasteiger partial charge on any atom is -0.423 e. The highest BCUT2D eigenvalue weighted by molar-refractivity contribution is 5.79. The van der Waals surface area contributed by atoms with Gasteiger partial charge in [0.05, 0.1) is 5.92 Å². The van der Waals surface area contributed by atoms with Crippen molar-refractivity contribution < 1.29 is 9.21 Å². The molecule has 0 aliphatic carbocycles. The Bertz CT molecular complexity index is 777. The molecule has 0 bridgehead atoms. The number of amides is 1. The Kier molecular flexibility index (Phi) is 5.58. The number of piperidine rings is 2. The molecule has 2 aliphatic heterocycles. The Morgan fingerprint density at radius 1 is 1.18 bits per heavy atom. The van der Waals surface area contributed by atoms with Crippen molar-refractivity contribution >= 4 is 23.0 Å². The zero-order chi connectivity index (χ0) is 19.7. The molecular weight excluding hydrogens is 352 g/mol. The SMILES string of the molecule is CC(C)N(C)C(=O)C1CCCN(C2CCN(c3nc4ccccc4o3)CC2)C1. The number of nitrogens with zero attached hydrogens (tertiary/aromatic N) is 4. The lowest BCUT2D eigenvalue weighted by Gasteiger charge is -2.42. The summed E-state index contributed by atoms with van der Waals surface area (Å²) in [7, 11) is 1.94. The van der Waals surface area contributed by atoms with E-state index < -0.39 is 0 Å². The van der Waals surface area contributed by atoms with Gasteiger partial charge < -0.3 is 14.2 Å². The summed E-state index contributed by atoms with van der Waals surface area (Å²) < 4.78 is 5.94. The third kappa shape index (κ3) is 3.88. The molecule has 0 spiro atoms. The summed E-state index contributed by atoms with van der Waals surface area (Å²) >= 11 is 0. The number of para-hydroxylation sites is 2. The van der Waals surface area contributed by atoms with Gasteiger partial charge in [-0.1, -0.05) is 12.1 Å². The average molecular weight is 385 g/mol. The summed E-state index contributed by atoms with van der Waals surface area (Å²) in [6, 6.07) is 9.50. The van der Waals surface area contributed by atoms with E-state index in [1.54, 1.807) is 0 Å². The fraction of sp³-hybridized carbons (Fsp3) is 0.636. The van der Waals surface area contributed by atoms with Gasteiger partial charge in [0, 0.05) is 38.8 Å². The number of fused-ring (bicyclic) bond motifs is 1. The number of hydrogen-bond donors (Lipinski definition) is 0. The second-order valence-electron chi connectivity index (χ2n) is 8.56. The molecule has 2 fully saturated rings. The van der Waals surface area contributed by atoms with Crippen molar-refractivity contribution in [3.8, 4) is 0 Å². The van der Waals surface area contributed by atoms with Crippen LogP contribution in [-0.4, -0.2) is 66.0 Å². The molecule has 28 heavy (non-hydrogen) atoms. The van der Waals surface area contributed by atoms with Crippen LogP contribution in [0, 0.1) is 5.92 Å². The standard InChI is InChI=1S/C22H32N4O2/c1-16(2)24(3)21(27)17-7-6-12-26(15-17)18-10-13-25(14-11-18)22-23-19-8-4-5-9-20(19)28-22/h4-5,8-9,16-18H,6-7,10-15H2,1-3H3. The molecule has 6 nitrogen and oxygen atoms in total. The highest BCUT2D eigenvalue weighted by atomic mass is 16.4. The van der Waals surface area contributed by atoms with Crippen LogP contribution >= 0.6 is 0 Å². The molecule has 1 amide bonds. The van der Waals surface area contributed by atoms with Crippen LogP contribution in [0.2, 0.25) is 0 Å². The highest BCUT2D eigenvalue weighted by Crippen LogP contribution is 2.28. The lowest BCUT2D eigenvalue weighted by molar-refractivity contribution is -0.137. The molecule has 1 atom stereocenters. The quantitative estimate of drug-likeness (QED) is 0.809. The lowest BCUT2D eigenvalue weighted by Crippen LogP contribution is -2.51. The molecule has 1 aromatic carbocycles. The number of carbonyl (C=O) groups is 1. The van der Waals surface area contributed by atoms with Crippen molar-refractivity contribution in [3.63, 3.8) is 0 Å². The van der Waals surface area contributed by atoms with Crippen LogP contribution in [0.15, 0.2) is 28.7 Å². The number of likely N-dealkylation sites (tertiary alicyclic amines) is 1. The zero-order valence-electron chi connectivity index (χ0n) is 17.3. The number of carbonyl (C=O) groups excluding carboxylic acids is 1. The van der Waals surface area contributed by atoms with Crippen molar-refractivity contribution in [2.75, 3.05) is 38.1 Å². The molecular formula is C22H32N4O2. The van der Waals surface area contributed by atoms with Crippen LogP contribution in [0.3, 0.4) is 0 Å². The first-order valence-electron chi connectivity index (χ1n) is 10.6. The summed E-state index contributed by atoms with van der Waals surface area (Å²) in [5, 5.41) is 0. The Labute approximate surface area is 167 Å². The summed E-state index contributed by atoms with van der Waals surface area (Å²) in [5.74, 6) is 0.458. The molecule has 1 aromatic heterocycles. The maximum absolute atomic E-state index is 12.8. The number of benzene rings is 1. The third-order valence-corrected chi connectivity index (χ3v) is 6.46. The molecule has 0 saturated carbocycles. The van der Waals surface area contributed by atoms with Crippen molar-refractivity contribution in [3.05, 3.63) is 24.3 Å². The van der Waals surface area contributed by atoms with Crippen molar-refractivity contribution in [2.45, 2.75) is 51.6 Å². The third-order valence-electron chi connectivity index (χ3n) is 6.46. The first-order chi connectivity index (χ1) is 13.5. The summed E-state index contributed by atoms with van der Waals surface area (Å²) in [4.78, 5) is 24.1. The van der Waals surface area contributed by atoms with Gasteiger partial charge in [0.1, 0.15) is 5.52 Å². The smallest absolute Gasteiger partial charge is 0.298 e. The molecule has 0 radical (unpaired) electrons. The van der Waals surface area contributed by atoms with Gasteiger partial charge in [0.25, 0.3) is 6.01 Å². The van der Waals surface area contributed by atoms with Gasteiger partial charge in [0.2, 0.25) is 5.91 Å². The lowest BCUT2D eigenvalue weighted by atomic mass is 9.92. The topological polar surface area (TPSA) is 52.8 Å². The second-order valence-corrected chi connectivity index (χ2v) is 8.56. The molecule has 152 valence electrons. The van der Waals surface area contributed by atoms with Crippen LogP contribution in [0.4, 0.5) is 6.01 Å². The zero-order valence-corrected chi connectivity index (χ0v) is 17.3. The first-order valence-corrected chi connectivity index (χ1v) is 10.6. The summed E-state index contributed by atoms with van der Waals surface area (Å²) in [6.07, 6.45) is 4.33. The monoisotopic (exact) mass is 384 g/mol. The molecule has 2 saturated heterocycles. The fourth-order valence-corrected chi connectivity index (χ4v) is 4.50. The van der Waals surface area contributed by atoms with Gasteiger partial charge in [-0.25, -0.2) is 0 Å². The Morgan fingerprint density at radius 2 is 1.93 bits per heavy atom. The van der Waals surface area contributed by atoms with Gasteiger partial charge in [-0.2, -0.15) is 4.98 Å². The molecule has 0 N–H and O–H groups in total. The van der Waals surface area contributed by atoms with Crippen LogP contribution in [0.5, 0.6) is 0 Å². The molecule has 1 unspecified atom stereocenters. The van der Waals surface area contributed by atoms with Crippen LogP contribution in [0.1, 0.15) is 39.5 Å². The Morgan fingerprint density at radius 3 is 2.64 bits per heavy atom. The number of rotatable bonds is 4. The maximum atomic E-state index is 12.8. The number of oxazole rings is 1. The Hall–Kier alpha value is -2.08. The number of hydrogen-bond acceptors (Lipinski definition) is 5. The second kappa shape index (κ2) is 8.11. The summed E-state index contributed by atoms with van der Waals surface area (Å²) in [6.45, 7) is 8.10. The van der Waals surface area contributed by atoms with E-state index in [0.29, 0.717) is 11.9 Å². The molecule has 3 heterocycles. The Balaban J connectivity index is 1.35. The van der Waals surface area contributed by atoms with Crippen molar-refractivity contribution in [1.82, 2.24) is 14.8 Å². The highest BCUT2D eigenvalue weighted by Gasteiger charge is 2.33. The maximum Gasteiger partial charge on any atom is 0.298 e. The van der Waals surface area contributed by atoms with E-state index in [9.17, 15) is 4.79 Å².